The molecule has 0 bridgehead atoms. The minimum atomic E-state index is 0.134. The van der Waals surface area contributed by atoms with Crippen molar-refractivity contribution in [2.24, 2.45) is 5.92 Å². The number of rotatable bonds is 3. The molecule has 0 N–H and O–H groups in total. The van der Waals surface area contributed by atoms with Crippen LogP contribution in [-0.2, 0) is 0 Å². The van der Waals surface area contributed by atoms with Gasteiger partial charge in [0.25, 0.3) is 5.91 Å². The molecule has 0 saturated carbocycles. The molecule has 1 unspecified atom stereocenters. The lowest BCUT2D eigenvalue weighted by atomic mass is 9.95. The Morgan fingerprint density at radius 3 is 3.05 bits per heavy atom. The molecule has 1 aromatic rings. The van der Waals surface area contributed by atoms with Crippen LogP contribution in [0.4, 0.5) is 0 Å². The molecule has 104 valence electrons. The van der Waals surface area contributed by atoms with Crippen molar-refractivity contribution in [2.45, 2.75) is 26.2 Å². The highest BCUT2D eigenvalue weighted by atomic mass is 79.9. The van der Waals surface area contributed by atoms with Gasteiger partial charge in [-0.3, -0.25) is 4.79 Å². The first-order valence-corrected chi connectivity index (χ1v) is 8.06. The first-order valence-electron chi connectivity index (χ1n) is 6.73. The smallest absolute Gasteiger partial charge is 0.255 e. The second-order valence-corrected chi connectivity index (χ2v) is 6.45. The molecule has 2 rings (SSSR count). The number of amides is 1. The molecule has 4 heteroatoms. The second-order valence-electron chi connectivity index (χ2n) is 5.22. The molecule has 1 heterocycles. The molecule has 0 spiro atoms. The van der Waals surface area contributed by atoms with Crippen molar-refractivity contribution in [3.8, 4) is 0 Å². The Morgan fingerprint density at radius 1 is 1.53 bits per heavy atom. The summed E-state index contributed by atoms with van der Waals surface area (Å²) in [6.45, 7) is 3.71. The maximum absolute atomic E-state index is 12.6. The predicted octanol–water partition coefficient (Wildman–Crippen LogP) is 4.24. The van der Waals surface area contributed by atoms with Gasteiger partial charge in [0.15, 0.2) is 0 Å². The molecule has 2 nitrogen and oxygen atoms in total. The number of carbonyl (C=O) groups is 1. The van der Waals surface area contributed by atoms with E-state index in [1.54, 1.807) is 0 Å². The number of benzene rings is 1. The van der Waals surface area contributed by atoms with Crippen molar-refractivity contribution in [1.29, 1.82) is 0 Å². The van der Waals surface area contributed by atoms with Crippen LogP contribution in [0.2, 0.25) is 0 Å². The van der Waals surface area contributed by atoms with Crippen molar-refractivity contribution in [3.63, 3.8) is 0 Å². The van der Waals surface area contributed by atoms with Crippen LogP contribution in [0, 0.1) is 12.8 Å². The molecule has 1 atom stereocenters. The van der Waals surface area contributed by atoms with E-state index in [2.05, 4.69) is 15.9 Å². The van der Waals surface area contributed by atoms with E-state index in [1.165, 1.54) is 6.42 Å². The number of halogens is 2. The van der Waals surface area contributed by atoms with Gasteiger partial charge in [0.05, 0.1) is 5.56 Å². The molecule has 1 aliphatic heterocycles. The predicted molar refractivity (Wildman–Crippen MR) is 82.8 cm³/mol. The highest BCUT2D eigenvalue weighted by molar-refractivity contribution is 9.10. The molecule has 1 aliphatic rings. The maximum atomic E-state index is 12.6. The summed E-state index contributed by atoms with van der Waals surface area (Å²) < 4.78 is 0.877. The number of nitrogens with zero attached hydrogens (tertiary/aromatic N) is 1. The summed E-state index contributed by atoms with van der Waals surface area (Å²) in [5.74, 6) is 1.37. The molecular weight excluding hydrogens is 326 g/mol. The zero-order valence-electron chi connectivity index (χ0n) is 11.2. The molecule has 0 radical (unpaired) electrons. The monoisotopic (exact) mass is 343 g/mol. The molecule has 1 aromatic carbocycles. The summed E-state index contributed by atoms with van der Waals surface area (Å²) in [6, 6.07) is 5.91. The number of aryl methyl sites for hydroxylation is 1. The van der Waals surface area contributed by atoms with Gasteiger partial charge < -0.3 is 4.90 Å². The molecule has 1 amide bonds. The average molecular weight is 345 g/mol. The highest BCUT2D eigenvalue weighted by Gasteiger charge is 2.25. The minimum Gasteiger partial charge on any atom is -0.338 e. The SMILES string of the molecule is Cc1ccc(Br)c(C(=O)N2CCCC(CCCl)C2)c1. The average Bonchev–Trinajstić information content (AvgIpc) is 2.41. The van der Waals surface area contributed by atoms with E-state index < -0.39 is 0 Å². The van der Waals surface area contributed by atoms with Gasteiger partial charge in [-0.1, -0.05) is 11.6 Å². The fraction of sp³-hybridized carbons (Fsp3) is 0.533. The van der Waals surface area contributed by atoms with Crippen LogP contribution in [0.3, 0.4) is 0 Å². The normalized spacial score (nSPS) is 19.5. The van der Waals surface area contributed by atoms with Gasteiger partial charge in [0.2, 0.25) is 0 Å². The first kappa shape index (κ1) is 14.9. The standard InChI is InChI=1S/C15H19BrClNO/c1-11-4-5-14(16)13(9-11)15(19)18-8-2-3-12(10-18)6-7-17/h4-5,9,12H,2-3,6-8,10H2,1H3. The van der Waals surface area contributed by atoms with E-state index in [0.29, 0.717) is 11.8 Å². The van der Waals surface area contributed by atoms with Gasteiger partial charge >= 0.3 is 0 Å². The van der Waals surface area contributed by atoms with Crippen LogP contribution in [0.5, 0.6) is 0 Å². The number of likely N-dealkylation sites (tertiary alicyclic amines) is 1. The summed E-state index contributed by atoms with van der Waals surface area (Å²) in [5.41, 5.74) is 1.88. The third kappa shape index (κ3) is 3.73. The van der Waals surface area contributed by atoms with Crippen LogP contribution >= 0.6 is 27.5 Å². The van der Waals surface area contributed by atoms with Crippen LogP contribution < -0.4 is 0 Å². The molecule has 1 saturated heterocycles. The third-order valence-corrected chi connectivity index (χ3v) is 4.59. The second kappa shape index (κ2) is 6.76. The van der Waals surface area contributed by atoms with Crippen molar-refractivity contribution >= 4 is 33.4 Å². The van der Waals surface area contributed by atoms with Gasteiger partial charge in [-0.2, -0.15) is 0 Å². The number of alkyl halides is 1. The zero-order chi connectivity index (χ0) is 13.8. The van der Waals surface area contributed by atoms with Crippen molar-refractivity contribution in [3.05, 3.63) is 33.8 Å². The maximum Gasteiger partial charge on any atom is 0.255 e. The van der Waals surface area contributed by atoms with Crippen molar-refractivity contribution in [1.82, 2.24) is 4.90 Å². The number of carbonyl (C=O) groups excluding carboxylic acids is 1. The van der Waals surface area contributed by atoms with Crippen LogP contribution in [-0.4, -0.2) is 29.8 Å². The summed E-state index contributed by atoms with van der Waals surface area (Å²) >= 11 is 9.29. The topological polar surface area (TPSA) is 20.3 Å². The highest BCUT2D eigenvalue weighted by Crippen LogP contribution is 2.25. The van der Waals surface area contributed by atoms with E-state index in [-0.39, 0.29) is 5.91 Å². The Labute approximate surface area is 128 Å². The van der Waals surface area contributed by atoms with Gasteiger partial charge in [0, 0.05) is 23.4 Å². The Kier molecular flexibility index (Phi) is 5.28. The molecule has 0 aromatic heterocycles. The molecule has 19 heavy (non-hydrogen) atoms. The lowest BCUT2D eigenvalue weighted by molar-refractivity contribution is 0.0670. The third-order valence-electron chi connectivity index (χ3n) is 3.68. The van der Waals surface area contributed by atoms with Gasteiger partial charge in [-0.05, 0) is 60.2 Å². The Hall–Kier alpha value is -0.540. The summed E-state index contributed by atoms with van der Waals surface area (Å²) in [5, 5.41) is 0. The van der Waals surface area contributed by atoms with E-state index in [4.69, 9.17) is 11.6 Å². The van der Waals surface area contributed by atoms with E-state index >= 15 is 0 Å². The molecule has 0 aliphatic carbocycles. The Balaban J connectivity index is 2.12. The van der Waals surface area contributed by atoms with Crippen LogP contribution in [0.15, 0.2) is 22.7 Å². The van der Waals surface area contributed by atoms with Crippen LogP contribution in [0.25, 0.3) is 0 Å². The minimum absolute atomic E-state index is 0.134. The van der Waals surface area contributed by atoms with Crippen molar-refractivity contribution in [2.75, 3.05) is 19.0 Å². The zero-order valence-corrected chi connectivity index (χ0v) is 13.5. The number of piperidine rings is 1. The summed E-state index contributed by atoms with van der Waals surface area (Å²) in [4.78, 5) is 14.6. The van der Waals surface area contributed by atoms with Gasteiger partial charge in [-0.15, -0.1) is 11.6 Å². The quantitative estimate of drug-likeness (QED) is 0.751. The number of hydrogen-bond donors (Lipinski definition) is 0. The van der Waals surface area contributed by atoms with Gasteiger partial charge in [-0.25, -0.2) is 0 Å². The van der Waals surface area contributed by atoms with Gasteiger partial charge in [0.1, 0.15) is 0 Å². The van der Waals surface area contributed by atoms with E-state index in [0.717, 1.165) is 41.5 Å². The van der Waals surface area contributed by atoms with E-state index in [9.17, 15) is 4.79 Å². The Morgan fingerprint density at radius 2 is 2.32 bits per heavy atom. The fourth-order valence-corrected chi connectivity index (χ4v) is 3.34. The van der Waals surface area contributed by atoms with Crippen LogP contribution in [0.1, 0.15) is 35.2 Å². The number of hydrogen-bond acceptors (Lipinski definition) is 1. The summed E-state index contributed by atoms with van der Waals surface area (Å²) in [7, 11) is 0. The lowest BCUT2D eigenvalue weighted by Crippen LogP contribution is -2.40. The van der Waals surface area contributed by atoms with E-state index in [1.807, 2.05) is 30.0 Å². The molecule has 1 fully saturated rings. The largest absolute Gasteiger partial charge is 0.338 e. The molecular formula is C15H19BrClNO. The lowest BCUT2D eigenvalue weighted by Gasteiger charge is -2.33. The summed E-state index contributed by atoms with van der Waals surface area (Å²) in [6.07, 6.45) is 3.27. The van der Waals surface area contributed by atoms with Crippen molar-refractivity contribution < 1.29 is 4.79 Å². The fourth-order valence-electron chi connectivity index (χ4n) is 2.61. The Bertz CT molecular complexity index is 461. The first-order chi connectivity index (χ1) is 9.11.